The van der Waals surface area contributed by atoms with E-state index in [-0.39, 0.29) is 12.2 Å². The van der Waals surface area contributed by atoms with Gasteiger partial charge in [0.25, 0.3) is 0 Å². The average molecular weight is 350 g/mol. The van der Waals surface area contributed by atoms with Gasteiger partial charge in [-0.15, -0.1) is 0 Å². The van der Waals surface area contributed by atoms with Crippen molar-refractivity contribution >= 4 is 43.6 Å². The molecule has 3 nitrogen and oxygen atoms in total. The van der Waals surface area contributed by atoms with Crippen molar-refractivity contribution in [2.75, 3.05) is 0 Å². The lowest BCUT2D eigenvalue weighted by Crippen LogP contribution is -2.14. The molecule has 16 heavy (non-hydrogen) atoms. The van der Waals surface area contributed by atoms with Crippen LogP contribution < -0.4 is 0 Å². The summed E-state index contributed by atoms with van der Waals surface area (Å²) in [6.07, 6.45) is 0.0173. The Morgan fingerprint density at radius 2 is 1.94 bits per heavy atom. The third-order valence-corrected chi connectivity index (χ3v) is 4.03. The summed E-state index contributed by atoms with van der Waals surface area (Å²) in [6.45, 7) is 1.52. The number of Topliss-reactive ketones (excluding diaryl/α,β-unsaturated/α-hetero) is 1. The van der Waals surface area contributed by atoms with E-state index in [1.807, 2.05) is 0 Å². The molecule has 0 radical (unpaired) electrons. The quantitative estimate of drug-likeness (QED) is 0.846. The van der Waals surface area contributed by atoms with E-state index in [0.717, 1.165) is 8.95 Å². The third-order valence-electron chi connectivity index (χ3n) is 2.15. The molecule has 5 heteroatoms. The fourth-order valence-electron chi connectivity index (χ4n) is 1.15. The van der Waals surface area contributed by atoms with Gasteiger partial charge in [0.05, 0.1) is 5.92 Å². The Balaban J connectivity index is 2.81. The van der Waals surface area contributed by atoms with Crippen LogP contribution >= 0.6 is 31.9 Å². The Morgan fingerprint density at radius 1 is 1.31 bits per heavy atom. The van der Waals surface area contributed by atoms with Gasteiger partial charge in [0.15, 0.2) is 5.78 Å². The zero-order chi connectivity index (χ0) is 12.3. The lowest BCUT2D eigenvalue weighted by atomic mass is 10.00. The summed E-state index contributed by atoms with van der Waals surface area (Å²) >= 11 is 6.59. The lowest BCUT2D eigenvalue weighted by molar-refractivity contribution is -0.141. The summed E-state index contributed by atoms with van der Waals surface area (Å²) in [5, 5.41) is 8.71. The van der Waals surface area contributed by atoms with Gasteiger partial charge in [0.2, 0.25) is 0 Å². The minimum absolute atomic E-state index is 0.0173. The maximum atomic E-state index is 11.7. The zero-order valence-corrected chi connectivity index (χ0v) is 11.7. The van der Waals surface area contributed by atoms with Crippen molar-refractivity contribution in [3.8, 4) is 0 Å². The maximum Gasteiger partial charge on any atom is 0.306 e. The highest BCUT2D eigenvalue weighted by molar-refractivity contribution is 9.13. The van der Waals surface area contributed by atoms with E-state index in [9.17, 15) is 9.59 Å². The van der Waals surface area contributed by atoms with Crippen LogP contribution in [-0.4, -0.2) is 16.9 Å². The van der Waals surface area contributed by atoms with Crippen molar-refractivity contribution in [3.05, 3.63) is 32.7 Å². The van der Waals surface area contributed by atoms with Gasteiger partial charge in [-0.3, -0.25) is 9.59 Å². The number of rotatable bonds is 4. The SMILES string of the molecule is CC(CC(=O)c1ccc(Br)c(Br)c1)C(=O)O. The number of halogens is 2. The smallest absolute Gasteiger partial charge is 0.306 e. The molecule has 0 fully saturated rings. The maximum absolute atomic E-state index is 11.7. The largest absolute Gasteiger partial charge is 0.481 e. The van der Waals surface area contributed by atoms with E-state index in [4.69, 9.17) is 5.11 Å². The van der Waals surface area contributed by atoms with Crippen LogP contribution in [0.1, 0.15) is 23.7 Å². The van der Waals surface area contributed by atoms with Crippen LogP contribution in [0.15, 0.2) is 27.1 Å². The number of aliphatic carboxylic acids is 1. The molecule has 0 aliphatic rings. The van der Waals surface area contributed by atoms with Crippen molar-refractivity contribution in [1.82, 2.24) is 0 Å². The fraction of sp³-hybridized carbons (Fsp3) is 0.273. The van der Waals surface area contributed by atoms with Gasteiger partial charge in [0.1, 0.15) is 0 Å². The van der Waals surface area contributed by atoms with Gasteiger partial charge in [-0.05, 0) is 44.0 Å². The normalized spacial score (nSPS) is 12.2. The second-order valence-electron chi connectivity index (χ2n) is 3.50. The monoisotopic (exact) mass is 348 g/mol. The Kier molecular flexibility index (Phi) is 4.68. The minimum atomic E-state index is -0.954. The van der Waals surface area contributed by atoms with Gasteiger partial charge in [-0.25, -0.2) is 0 Å². The van der Waals surface area contributed by atoms with E-state index < -0.39 is 11.9 Å². The number of benzene rings is 1. The van der Waals surface area contributed by atoms with Crippen LogP contribution in [0.3, 0.4) is 0 Å². The Morgan fingerprint density at radius 3 is 2.44 bits per heavy atom. The van der Waals surface area contributed by atoms with Crippen molar-refractivity contribution < 1.29 is 14.7 Å². The first-order chi connectivity index (χ1) is 7.41. The molecule has 0 bridgehead atoms. The Bertz CT molecular complexity index is 429. The molecule has 0 saturated carbocycles. The molecular weight excluding hydrogens is 340 g/mol. The number of hydrogen-bond acceptors (Lipinski definition) is 2. The fourth-order valence-corrected chi connectivity index (χ4v) is 1.78. The molecule has 1 atom stereocenters. The van der Waals surface area contributed by atoms with Crippen LogP contribution in [0.4, 0.5) is 0 Å². The molecule has 0 aromatic heterocycles. The van der Waals surface area contributed by atoms with E-state index >= 15 is 0 Å². The predicted octanol–water partition coefficient (Wildman–Crippen LogP) is 3.51. The Hall–Kier alpha value is -0.680. The van der Waals surface area contributed by atoms with Crippen LogP contribution in [0.25, 0.3) is 0 Å². The third kappa shape index (κ3) is 3.42. The number of carboxylic acid groups (broad SMARTS) is 1. The highest BCUT2D eigenvalue weighted by Gasteiger charge is 2.17. The highest BCUT2D eigenvalue weighted by Crippen LogP contribution is 2.24. The lowest BCUT2D eigenvalue weighted by Gasteiger charge is -2.06. The average Bonchev–Trinajstić information content (AvgIpc) is 2.21. The number of ketones is 1. The molecule has 0 spiro atoms. The van der Waals surface area contributed by atoms with Gasteiger partial charge in [-0.1, -0.05) is 13.0 Å². The molecule has 86 valence electrons. The molecule has 0 aliphatic heterocycles. The Labute approximate surface area is 110 Å². The molecular formula is C11H10Br2O3. The van der Waals surface area contributed by atoms with Crippen molar-refractivity contribution in [3.63, 3.8) is 0 Å². The number of carbonyl (C=O) groups excluding carboxylic acids is 1. The van der Waals surface area contributed by atoms with Crippen LogP contribution in [0.5, 0.6) is 0 Å². The van der Waals surface area contributed by atoms with Crippen LogP contribution in [0.2, 0.25) is 0 Å². The van der Waals surface area contributed by atoms with E-state index in [1.54, 1.807) is 18.2 Å². The summed E-state index contributed by atoms with van der Waals surface area (Å²) in [5.74, 6) is -1.78. The predicted molar refractivity (Wildman–Crippen MR) is 67.6 cm³/mol. The van der Waals surface area contributed by atoms with Crippen molar-refractivity contribution in [2.24, 2.45) is 5.92 Å². The second-order valence-corrected chi connectivity index (χ2v) is 5.20. The number of hydrogen-bond donors (Lipinski definition) is 1. The molecule has 1 rings (SSSR count). The number of carboxylic acids is 1. The van der Waals surface area contributed by atoms with Crippen molar-refractivity contribution in [1.29, 1.82) is 0 Å². The molecule has 1 unspecified atom stereocenters. The van der Waals surface area contributed by atoms with Crippen molar-refractivity contribution in [2.45, 2.75) is 13.3 Å². The second kappa shape index (κ2) is 5.59. The summed E-state index contributed by atoms with van der Waals surface area (Å²) in [7, 11) is 0. The van der Waals surface area contributed by atoms with Crippen LogP contribution in [0, 0.1) is 5.92 Å². The van der Waals surface area contributed by atoms with E-state index in [0.29, 0.717) is 5.56 Å². The summed E-state index contributed by atoms with van der Waals surface area (Å²) in [6, 6.07) is 5.11. The van der Waals surface area contributed by atoms with Gasteiger partial charge < -0.3 is 5.11 Å². The van der Waals surface area contributed by atoms with Gasteiger partial charge >= 0.3 is 5.97 Å². The highest BCUT2D eigenvalue weighted by atomic mass is 79.9. The minimum Gasteiger partial charge on any atom is -0.481 e. The molecule has 0 aliphatic carbocycles. The summed E-state index contributed by atoms with van der Waals surface area (Å²) in [5.41, 5.74) is 0.517. The molecule has 1 aromatic carbocycles. The number of carbonyl (C=O) groups is 2. The molecule has 1 aromatic rings. The molecule has 0 amide bonds. The topological polar surface area (TPSA) is 54.4 Å². The zero-order valence-electron chi connectivity index (χ0n) is 8.54. The van der Waals surface area contributed by atoms with Gasteiger partial charge in [0, 0.05) is 20.9 Å². The molecule has 1 N–H and O–H groups in total. The summed E-state index contributed by atoms with van der Waals surface area (Å²) < 4.78 is 1.64. The summed E-state index contributed by atoms with van der Waals surface area (Å²) in [4.78, 5) is 22.3. The first-order valence-corrected chi connectivity index (χ1v) is 6.21. The van der Waals surface area contributed by atoms with Gasteiger partial charge in [-0.2, -0.15) is 0 Å². The first kappa shape index (κ1) is 13.4. The standard InChI is InChI=1S/C11H10Br2O3/c1-6(11(15)16)4-10(14)7-2-3-8(12)9(13)5-7/h2-3,5-6H,4H2,1H3,(H,15,16). The first-order valence-electron chi connectivity index (χ1n) is 4.63. The van der Waals surface area contributed by atoms with E-state index in [2.05, 4.69) is 31.9 Å². The molecule has 0 heterocycles. The van der Waals surface area contributed by atoms with Crippen LogP contribution in [-0.2, 0) is 4.79 Å². The van der Waals surface area contributed by atoms with E-state index in [1.165, 1.54) is 6.92 Å². The molecule has 0 saturated heterocycles.